The van der Waals surface area contributed by atoms with Crippen LogP contribution in [0.2, 0.25) is 0 Å². The number of sulfone groups is 1. The van der Waals surface area contributed by atoms with Gasteiger partial charge in [-0.25, -0.2) is 13.1 Å². The molecule has 0 bridgehead atoms. The van der Waals surface area contributed by atoms with Crippen LogP contribution in [0.25, 0.3) is 0 Å². The Morgan fingerprint density at radius 2 is 1.80 bits per heavy atom. The molecular weight excluding hydrogens is 565 g/mol. The maximum atomic E-state index is 13.9. The molecule has 3 heterocycles. The molecule has 1 saturated heterocycles. The Hall–Kier alpha value is -3.49. The Labute approximate surface area is 235 Å². The fourth-order valence-electron chi connectivity index (χ4n) is 4.42. The smallest absolute Gasteiger partial charge is 0.420 e. The number of ether oxygens (including phenoxy) is 2. The number of aromatic nitrogens is 3. The van der Waals surface area contributed by atoms with Gasteiger partial charge in [-0.3, -0.25) is 9.78 Å². The summed E-state index contributed by atoms with van der Waals surface area (Å²) in [4.78, 5) is 17.5. The predicted molar refractivity (Wildman–Crippen MR) is 141 cm³/mol. The lowest BCUT2D eigenvalue weighted by molar-refractivity contribution is -0.139. The van der Waals surface area contributed by atoms with Crippen molar-refractivity contribution in [3.8, 4) is 11.6 Å². The second-order valence-corrected chi connectivity index (χ2v) is 13.0. The molecule has 1 fully saturated rings. The first kappa shape index (κ1) is 30.5. The number of halogens is 3. The highest BCUT2D eigenvalue weighted by Gasteiger charge is 2.43. The SMILES string of the molecule is CCS(=O)(=O)c1ccc(C2(NC(=O)c3nn(C(C)(C)C)c(Oc4cncc(CO)c4C(F)(F)F)c3C)COC2)cc1. The maximum Gasteiger partial charge on any atom is 0.420 e. The van der Waals surface area contributed by atoms with Crippen LogP contribution in [0.1, 0.15) is 60.4 Å². The van der Waals surface area contributed by atoms with Gasteiger partial charge in [-0.15, -0.1) is 0 Å². The summed E-state index contributed by atoms with van der Waals surface area (Å²) in [6.07, 6.45) is -3.04. The van der Waals surface area contributed by atoms with E-state index in [4.69, 9.17) is 9.47 Å². The van der Waals surface area contributed by atoms with E-state index in [0.29, 0.717) is 5.56 Å². The van der Waals surface area contributed by atoms with Crippen LogP contribution in [0.5, 0.6) is 11.6 Å². The van der Waals surface area contributed by atoms with E-state index in [1.54, 1.807) is 39.8 Å². The molecule has 1 aromatic carbocycles. The summed E-state index contributed by atoms with van der Waals surface area (Å²) in [6, 6.07) is 6.16. The molecule has 1 amide bonds. The van der Waals surface area contributed by atoms with E-state index < -0.39 is 56.5 Å². The minimum absolute atomic E-state index is 0.0533. The molecule has 14 heteroatoms. The number of aliphatic hydroxyl groups is 1. The molecule has 0 atom stereocenters. The van der Waals surface area contributed by atoms with Gasteiger partial charge in [0.15, 0.2) is 21.3 Å². The lowest BCUT2D eigenvalue weighted by atomic mass is 9.87. The van der Waals surface area contributed by atoms with E-state index in [1.165, 1.54) is 23.7 Å². The average Bonchev–Trinajstić information content (AvgIpc) is 3.21. The number of carbonyl (C=O) groups excluding carboxylic acids is 1. The number of pyridine rings is 1. The first-order valence-electron chi connectivity index (χ1n) is 12.7. The highest BCUT2D eigenvalue weighted by molar-refractivity contribution is 7.91. The fraction of sp³-hybridized carbons (Fsp3) is 0.444. The van der Waals surface area contributed by atoms with E-state index in [2.05, 4.69) is 15.4 Å². The number of nitrogens with zero attached hydrogens (tertiary/aromatic N) is 3. The van der Waals surface area contributed by atoms with Gasteiger partial charge in [0.2, 0.25) is 5.88 Å². The largest absolute Gasteiger partial charge is 0.437 e. The van der Waals surface area contributed by atoms with Crippen LogP contribution < -0.4 is 10.1 Å². The van der Waals surface area contributed by atoms with Gasteiger partial charge in [-0.1, -0.05) is 19.1 Å². The summed E-state index contributed by atoms with van der Waals surface area (Å²) in [5.41, 5.74) is -2.69. The quantitative estimate of drug-likeness (QED) is 0.397. The summed E-state index contributed by atoms with van der Waals surface area (Å²) >= 11 is 0. The molecule has 0 spiro atoms. The summed E-state index contributed by atoms with van der Waals surface area (Å²) in [5, 5.41) is 16.8. The minimum atomic E-state index is -4.85. The van der Waals surface area contributed by atoms with Crippen molar-refractivity contribution in [2.24, 2.45) is 0 Å². The molecule has 2 N–H and O–H groups in total. The monoisotopic (exact) mass is 596 g/mol. The van der Waals surface area contributed by atoms with Gasteiger partial charge in [0, 0.05) is 17.3 Å². The maximum absolute atomic E-state index is 13.9. The number of hydrogen-bond donors (Lipinski definition) is 2. The molecule has 0 radical (unpaired) electrons. The summed E-state index contributed by atoms with van der Waals surface area (Å²) < 4.78 is 78.6. The van der Waals surface area contributed by atoms with Crippen LogP contribution in [-0.2, 0) is 38.4 Å². The van der Waals surface area contributed by atoms with Gasteiger partial charge >= 0.3 is 6.18 Å². The van der Waals surface area contributed by atoms with Crippen LogP contribution in [0, 0.1) is 6.92 Å². The molecule has 0 unspecified atom stereocenters. The number of carbonyl (C=O) groups is 1. The lowest BCUT2D eigenvalue weighted by Gasteiger charge is -2.42. The van der Waals surface area contributed by atoms with Crippen molar-refractivity contribution in [1.29, 1.82) is 0 Å². The Kier molecular flexibility index (Phi) is 7.97. The summed E-state index contributed by atoms with van der Waals surface area (Å²) in [6.45, 7) is 7.62. The number of nitrogens with one attached hydrogen (secondary N) is 1. The lowest BCUT2D eigenvalue weighted by Crippen LogP contribution is -2.59. The molecular formula is C27H31F3N4O6S. The number of hydrogen-bond acceptors (Lipinski definition) is 8. The molecule has 222 valence electrons. The second-order valence-electron chi connectivity index (χ2n) is 10.7. The first-order valence-corrected chi connectivity index (χ1v) is 14.4. The highest BCUT2D eigenvalue weighted by atomic mass is 32.2. The number of amides is 1. The zero-order valence-corrected chi connectivity index (χ0v) is 24.0. The van der Waals surface area contributed by atoms with E-state index in [0.717, 1.165) is 12.4 Å². The van der Waals surface area contributed by atoms with Gasteiger partial charge < -0.3 is 19.9 Å². The third-order valence-corrected chi connectivity index (χ3v) is 8.52. The van der Waals surface area contributed by atoms with Crippen LogP contribution in [0.15, 0.2) is 41.6 Å². The van der Waals surface area contributed by atoms with Crippen LogP contribution in [0.4, 0.5) is 13.2 Å². The van der Waals surface area contributed by atoms with Crippen molar-refractivity contribution < 1.29 is 41.0 Å². The van der Waals surface area contributed by atoms with Crippen molar-refractivity contribution >= 4 is 15.7 Å². The van der Waals surface area contributed by atoms with E-state index >= 15 is 0 Å². The molecule has 3 aromatic rings. The van der Waals surface area contributed by atoms with Crippen molar-refractivity contribution in [2.75, 3.05) is 19.0 Å². The molecule has 0 saturated carbocycles. The Morgan fingerprint density at radius 1 is 1.17 bits per heavy atom. The van der Waals surface area contributed by atoms with Crippen molar-refractivity contribution in [3.63, 3.8) is 0 Å². The Morgan fingerprint density at radius 3 is 2.29 bits per heavy atom. The number of benzene rings is 1. The topological polar surface area (TPSA) is 133 Å². The molecule has 41 heavy (non-hydrogen) atoms. The van der Waals surface area contributed by atoms with Crippen LogP contribution >= 0.6 is 0 Å². The van der Waals surface area contributed by atoms with Gasteiger partial charge in [-0.05, 0) is 45.4 Å². The number of aliphatic hydroxyl groups excluding tert-OH is 1. The van der Waals surface area contributed by atoms with Crippen LogP contribution in [-0.4, -0.2) is 53.2 Å². The summed E-state index contributed by atoms with van der Waals surface area (Å²) in [7, 11) is -3.41. The summed E-state index contributed by atoms with van der Waals surface area (Å²) in [5.74, 6) is -1.42. The molecule has 0 aliphatic carbocycles. The number of alkyl halides is 3. The number of rotatable bonds is 8. The highest BCUT2D eigenvalue weighted by Crippen LogP contribution is 2.42. The molecule has 2 aromatic heterocycles. The van der Waals surface area contributed by atoms with Crippen molar-refractivity contribution in [2.45, 2.75) is 63.4 Å². The van der Waals surface area contributed by atoms with Gasteiger partial charge in [0.25, 0.3) is 5.91 Å². The van der Waals surface area contributed by atoms with Gasteiger partial charge in [-0.2, -0.15) is 18.3 Å². The minimum Gasteiger partial charge on any atom is -0.437 e. The molecule has 10 nitrogen and oxygen atoms in total. The van der Waals surface area contributed by atoms with Crippen molar-refractivity contribution in [1.82, 2.24) is 20.1 Å². The normalized spacial score (nSPS) is 15.3. The van der Waals surface area contributed by atoms with E-state index in [1.807, 2.05) is 0 Å². The molecule has 4 rings (SSSR count). The van der Waals surface area contributed by atoms with E-state index in [-0.39, 0.29) is 41.0 Å². The third kappa shape index (κ3) is 5.81. The fourth-order valence-corrected chi connectivity index (χ4v) is 5.30. The van der Waals surface area contributed by atoms with Crippen molar-refractivity contribution in [3.05, 3.63) is 64.6 Å². The standard InChI is InChI=1S/C27H31F3N4O6S/c1-6-41(37,38)19-9-7-18(8-10-19)26(14-39-15-26)32-23(36)22-16(2)24(34(33-22)25(3,4)5)40-20-12-31-11-17(13-35)21(20)27(28,29)30/h7-12,35H,6,13-15H2,1-5H3,(H,32,36). The third-order valence-electron chi connectivity index (χ3n) is 6.76. The van der Waals surface area contributed by atoms with E-state index in [9.17, 15) is 31.5 Å². The predicted octanol–water partition coefficient (Wildman–Crippen LogP) is 4.09. The Bertz CT molecular complexity index is 1560. The molecule has 1 aliphatic rings. The zero-order valence-electron chi connectivity index (χ0n) is 23.2. The van der Waals surface area contributed by atoms with Crippen LogP contribution in [0.3, 0.4) is 0 Å². The Balaban J connectivity index is 1.72. The zero-order chi connectivity index (χ0) is 30.4. The van der Waals surface area contributed by atoms with Gasteiger partial charge in [0.1, 0.15) is 11.1 Å². The van der Waals surface area contributed by atoms with Gasteiger partial charge in [0.05, 0.1) is 42.2 Å². The first-order chi connectivity index (χ1) is 19.0. The average molecular weight is 597 g/mol. The molecule has 1 aliphatic heterocycles. The second kappa shape index (κ2) is 10.7.